The molecule has 0 spiro atoms. The van der Waals surface area contributed by atoms with Crippen molar-refractivity contribution in [2.45, 2.75) is 123 Å². The molecule has 158 valence electrons. The third-order valence-corrected chi connectivity index (χ3v) is 5.00. The fourth-order valence-electron chi connectivity index (χ4n) is 3.26. The standard InChI is InChI=1S/C25H46O2/c1-24(2)22-20-18-16-14-12-10-8-6-4-3-5-7-9-11-13-15-17-19-21-23-25(26)27/h7,9,15,17,24H,3-6,8,10-14,16,18-23H2,1-2H3,(H,26,27)/b9-7+,17-15+. The van der Waals surface area contributed by atoms with Gasteiger partial charge in [-0.15, -0.1) is 0 Å². The van der Waals surface area contributed by atoms with Crippen molar-refractivity contribution in [1.82, 2.24) is 0 Å². The molecule has 0 aromatic carbocycles. The van der Waals surface area contributed by atoms with E-state index < -0.39 is 5.97 Å². The summed E-state index contributed by atoms with van der Waals surface area (Å²) in [6.45, 7) is 4.64. The van der Waals surface area contributed by atoms with E-state index in [9.17, 15) is 4.79 Å². The summed E-state index contributed by atoms with van der Waals surface area (Å²) in [5, 5.41) is 8.55. The Bertz CT molecular complexity index is 369. The molecule has 0 aliphatic carbocycles. The second kappa shape index (κ2) is 21.3. The number of allylic oxidation sites excluding steroid dienone is 4. The SMILES string of the molecule is CC(C)CCCCCCCCCCCC/C=C/CC/C=C/CCCC(=O)O. The fourth-order valence-corrected chi connectivity index (χ4v) is 3.26. The predicted molar refractivity (Wildman–Crippen MR) is 119 cm³/mol. The Morgan fingerprint density at radius 2 is 1.04 bits per heavy atom. The van der Waals surface area contributed by atoms with Gasteiger partial charge in [0, 0.05) is 6.42 Å². The lowest BCUT2D eigenvalue weighted by molar-refractivity contribution is -0.137. The molecule has 0 radical (unpaired) electrons. The molecule has 0 unspecified atom stereocenters. The van der Waals surface area contributed by atoms with E-state index in [0.29, 0.717) is 0 Å². The first-order valence-corrected chi connectivity index (χ1v) is 11.6. The number of carboxylic acids is 1. The second-order valence-electron chi connectivity index (χ2n) is 8.31. The number of aliphatic carboxylic acids is 1. The van der Waals surface area contributed by atoms with E-state index >= 15 is 0 Å². The minimum atomic E-state index is -0.696. The van der Waals surface area contributed by atoms with Crippen LogP contribution in [0, 0.1) is 5.92 Å². The smallest absolute Gasteiger partial charge is 0.303 e. The lowest BCUT2D eigenvalue weighted by Gasteiger charge is -2.04. The van der Waals surface area contributed by atoms with Crippen LogP contribution in [0.1, 0.15) is 123 Å². The number of hydrogen-bond acceptors (Lipinski definition) is 1. The molecular formula is C25H46O2. The molecular weight excluding hydrogens is 332 g/mol. The summed E-state index contributed by atoms with van der Waals surface area (Å²) in [5.41, 5.74) is 0. The van der Waals surface area contributed by atoms with Gasteiger partial charge in [-0.05, 0) is 44.4 Å². The Morgan fingerprint density at radius 1 is 0.630 bits per heavy atom. The summed E-state index contributed by atoms with van der Waals surface area (Å²) < 4.78 is 0. The Morgan fingerprint density at radius 3 is 1.52 bits per heavy atom. The number of carboxylic acid groups (broad SMARTS) is 1. The van der Waals surface area contributed by atoms with Crippen LogP contribution in [0.3, 0.4) is 0 Å². The van der Waals surface area contributed by atoms with E-state index in [0.717, 1.165) is 31.6 Å². The molecule has 0 rings (SSSR count). The van der Waals surface area contributed by atoms with Gasteiger partial charge >= 0.3 is 5.97 Å². The van der Waals surface area contributed by atoms with Crippen molar-refractivity contribution in [3.63, 3.8) is 0 Å². The lowest BCUT2D eigenvalue weighted by atomic mass is 10.0. The third-order valence-electron chi connectivity index (χ3n) is 5.00. The average Bonchev–Trinajstić information content (AvgIpc) is 2.62. The first kappa shape index (κ1) is 26.0. The summed E-state index contributed by atoms with van der Waals surface area (Å²) in [4.78, 5) is 10.4. The van der Waals surface area contributed by atoms with Crippen molar-refractivity contribution in [1.29, 1.82) is 0 Å². The Labute approximate surface area is 169 Å². The summed E-state index contributed by atoms with van der Waals surface area (Å²) in [6, 6.07) is 0. The van der Waals surface area contributed by atoms with Crippen LogP contribution in [-0.2, 0) is 4.79 Å². The first-order chi connectivity index (χ1) is 13.1. The molecule has 0 aromatic heterocycles. The molecule has 0 fully saturated rings. The number of carbonyl (C=O) groups is 1. The zero-order valence-corrected chi connectivity index (χ0v) is 18.3. The zero-order chi connectivity index (χ0) is 20.0. The van der Waals surface area contributed by atoms with Crippen molar-refractivity contribution < 1.29 is 9.90 Å². The molecule has 0 saturated carbocycles. The quantitative estimate of drug-likeness (QED) is 0.170. The number of rotatable bonds is 20. The van der Waals surface area contributed by atoms with Gasteiger partial charge in [0.25, 0.3) is 0 Å². The van der Waals surface area contributed by atoms with Gasteiger partial charge in [0.2, 0.25) is 0 Å². The minimum absolute atomic E-state index is 0.280. The highest BCUT2D eigenvalue weighted by atomic mass is 16.4. The number of unbranched alkanes of at least 4 members (excludes halogenated alkanes) is 12. The maximum Gasteiger partial charge on any atom is 0.303 e. The van der Waals surface area contributed by atoms with Gasteiger partial charge in [0.15, 0.2) is 0 Å². The molecule has 0 heterocycles. The van der Waals surface area contributed by atoms with Crippen LogP contribution >= 0.6 is 0 Å². The fraction of sp³-hybridized carbons (Fsp3) is 0.800. The van der Waals surface area contributed by atoms with Gasteiger partial charge in [0.1, 0.15) is 0 Å². The Kier molecular flexibility index (Phi) is 20.4. The molecule has 0 aliphatic heterocycles. The van der Waals surface area contributed by atoms with E-state index in [1.807, 2.05) is 0 Å². The van der Waals surface area contributed by atoms with E-state index in [2.05, 4.69) is 38.2 Å². The van der Waals surface area contributed by atoms with E-state index in [4.69, 9.17) is 5.11 Å². The minimum Gasteiger partial charge on any atom is -0.481 e. The van der Waals surface area contributed by atoms with Crippen LogP contribution in [-0.4, -0.2) is 11.1 Å². The van der Waals surface area contributed by atoms with Gasteiger partial charge in [0.05, 0.1) is 0 Å². The molecule has 2 nitrogen and oxygen atoms in total. The van der Waals surface area contributed by atoms with Crippen molar-refractivity contribution in [2.24, 2.45) is 5.92 Å². The average molecular weight is 379 g/mol. The summed E-state index contributed by atoms with van der Waals surface area (Å²) >= 11 is 0. The van der Waals surface area contributed by atoms with Crippen LogP contribution in [0.25, 0.3) is 0 Å². The molecule has 0 aliphatic rings. The highest BCUT2D eigenvalue weighted by Crippen LogP contribution is 2.14. The molecule has 0 amide bonds. The van der Waals surface area contributed by atoms with E-state index in [1.165, 1.54) is 77.0 Å². The van der Waals surface area contributed by atoms with Crippen LogP contribution in [0.5, 0.6) is 0 Å². The van der Waals surface area contributed by atoms with Crippen LogP contribution < -0.4 is 0 Å². The molecule has 1 N–H and O–H groups in total. The molecule has 27 heavy (non-hydrogen) atoms. The van der Waals surface area contributed by atoms with E-state index in [1.54, 1.807) is 0 Å². The van der Waals surface area contributed by atoms with Gasteiger partial charge in [-0.2, -0.15) is 0 Å². The summed E-state index contributed by atoms with van der Waals surface area (Å²) in [7, 11) is 0. The van der Waals surface area contributed by atoms with Gasteiger partial charge in [-0.1, -0.05) is 102 Å². The molecule has 2 heteroatoms. The van der Waals surface area contributed by atoms with Crippen molar-refractivity contribution in [3.05, 3.63) is 24.3 Å². The van der Waals surface area contributed by atoms with Gasteiger partial charge < -0.3 is 5.11 Å². The van der Waals surface area contributed by atoms with Crippen LogP contribution in [0.15, 0.2) is 24.3 Å². The first-order valence-electron chi connectivity index (χ1n) is 11.6. The number of hydrogen-bond donors (Lipinski definition) is 1. The normalized spacial score (nSPS) is 12.0. The monoisotopic (exact) mass is 378 g/mol. The summed E-state index contributed by atoms with van der Waals surface area (Å²) in [5.74, 6) is 0.178. The molecule has 0 bridgehead atoms. The van der Waals surface area contributed by atoms with Crippen molar-refractivity contribution in [2.75, 3.05) is 0 Å². The highest BCUT2D eigenvalue weighted by molar-refractivity contribution is 5.66. The van der Waals surface area contributed by atoms with Crippen LogP contribution in [0.4, 0.5) is 0 Å². The topological polar surface area (TPSA) is 37.3 Å². The highest BCUT2D eigenvalue weighted by Gasteiger charge is 1.95. The maximum atomic E-state index is 10.4. The van der Waals surface area contributed by atoms with E-state index in [-0.39, 0.29) is 6.42 Å². The largest absolute Gasteiger partial charge is 0.481 e. The summed E-state index contributed by atoms with van der Waals surface area (Å²) in [6.07, 6.45) is 29.8. The van der Waals surface area contributed by atoms with Crippen LogP contribution in [0.2, 0.25) is 0 Å². The van der Waals surface area contributed by atoms with Gasteiger partial charge in [-0.3, -0.25) is 4.79 Å². The molecule has 0 saturated heterocycles. The second-order valence-corrected chi connectivity index (χ2v) is 8.31. The van der Waals surface area contributed by atoms with Gasteiger partial charge in [-0.25, -0.2) is 0 Å². The lowest BCUT2D eigenvalue weighted by Crippen LogP contribution is -1.92. The third kappa shape index (κ3) is 24.9. The zero-order valence-electron chi connectivity index (χ0n) is 18.3. The Hall–Kier alpha value is -1.05. The van der Waals surface area contributed by atoms with Crippen molar-refractivity contribution in [3.8, 4) is 0 Å². The predicted octanol–water partition coefficient (Wildman–Crippen LogP) is 8.47. The molecule has 0 aromatic rings. The van der Waals surface area contributed by atoms with Crippen molar-refractivity contribution >= 4 is 5.97 Å². The Balaban J connectivity index is 3.16. The molecule has 0 atom stereocenters. The maximum absolute atomic E-state index is 10.4.